The third-order valence-electron chi connectivity index (χ3n) is 3.69. The topological polar surface area (TPSA) is 58.6 Å². The van der Waals surface area contributed by atoms with Crippen LogP contribution in [0.15, 0.2) is 0 Å². The predicted octanol–water partition coefficient (Wildman–Crippen LogP) is 0.538. The number of amides is 2. The van der Waals surface area contributed by atoms with Crippen LogP contribution in [0.2, 0.25) is 0 Å². The number of carbonyl (C=O) groups excluding carboxylic acids is 2. The van der Waals surface area contributed by atoms with Gasteiger partial charge in [-0.1, -0.05) is 13.3 Å². The van der Waals surface area contributed by atoms with Crippen LogP contribution in [0.4, 0.5) is 0 Å². The third-order valence-corrected chi connectivity index (χ3v) is 3.69. The Labute approximate surface area is 108 Å². The van der Waals surface area contributed by atoms with Crippen molar-refractivity contribution in [1.82, 2.24) is 10.2 Å². The van der Waals surface area contributed by atoms with Crippen LogP contribution in [-0.4, -0.2) is 49.1 Å². The SMILES string of the molecule is CCCC(COC)N1CC(=O)NC(C2CC2)C1=O. The average Bonchev–Trinajstić information content (AvgIpc) is 3.15. The highest BCUT2D eigenvalue weighted by Gasteiger charge is 2.44. The molecule has 1 aliphatic heterocycles. The van der Waals surface area contributed by atoms with Crippen molar-refractivity contribution in [2.24, 2.45) is 5.92 Å². The first kappa shape index (κ1) is 13.3. The fraction of sp³-hybridized carbons (Fsp3) is 0.846. The summed E-state index contributed by atoms with van der Waals surface area (Å²) < 4.78 is 5.18. The Morgan fingerprint density at radius 1 is 1.44 bits per heavy atom. The average molecular weight is 254 g/mol. The minimum atomic E-state index is -0.289. The van der Waals surface area contributed by atoms with Gasteiger partial charge < -0.3 is 15.0 Å². The molecule has 1 saturated carbocycles. The molecule has 5 nitrogen and oxygen atoms in total. The highest BCUT2D eigenvalue weighted by molar-refractivity contribution is 5.95. The van der Waals surface area contributed by atoms with Crippen molar-refractivity contribution >= 4 is 11.8 Å². The van der Waals surface area contributed by atoms with E-state index in [1.807, 2.05) is 0 Å². The molecule has 102 valence electrons. The van der Waals surface area contributed by atoms with Crippen molar-refractivity contribution in [2.75, 3.05) is 20.3 Å². The Morgan fingerprint density at radius 3 is 2.72 bits per heavy atom. The lowest BCUT2D eigenvalue weighted by Gasteiger charge is -2.37. The van der Waals surface area contributed by atoms with E-state index in [-0.39, 0.29) is 30.4 Å². The maximum absolute atomic E-state index is 12.4. The van der Waals surface area contributed by atoms with E-state index < -0.39 is 0 Å². The van der Waals surface area contributed by atoms with E-state index in [1.54, 1.807) is 12.0 Å². The number of hydrogen-bond donors (Lipinski definition) is 1. The van der Waals surface area contributed by atoms with E-state index in [4.69, 9.17) is 4.74 Å². The quantitative estimate of drug-likeness (QED) is 0.752. The molecule has 18 heavy (non-hydrogen) atoms. The van der Waals surface area contributed by atoms with E-state index in [0.29, 0.717) is 12.5 Å². The van der Waals surface area contributed by atoms with E-state index in [0.717, 1.165) is 25.7 Å². The maximum Gasteiger partial charge on any atom is 0.246 e. The zero-order valence-electron chi connectivity index (χ0n) is 11.1. The molecule has 2 unspecified atom stereocenters. The number of rotatable bonds is 6. The lowest BCUT2D eigenvalue weighted by molar-refractivity contribution is -0.148. The summed E-state index contributed by atoms with van der Waals surface area (Å²) in [6, 6.07) is -0.262. The molecule has 2 fully saturated rings. The van der Waals surface area contributed by atoms with Gasteiger partial charge in [0.2, 0.25) is 11.8 Å². The van der Waals surface area contributed by atoms with Crippen LogP contribution in [0.1, 0.15) is 32.6 Å². The van der Waals surface area contributed by atoms with Crippen molar-refractivity contribution in [3.8, 4) is 0 Å². The molecule has 0 radical (unpaired) electrons. The molecule has 2 aliphatic rings. The minimum Gasteiger partial charge on any atom is -0.383 e. The lowest BCUT2D eigenvalue weighted by Crippen LogP contribution is -2.62. The number of carbonyl (C=O) groups is 2. The van der Waals surface area contributed by atoms with Gasteiger partial charge in [0, 0.05) is 7.11 Å². The zero-order valence-corrected chi connectivity index (χ0v) is 11.1. The van der Waals surface area contributed by atoms with Gasteiger partial charge in [0.1, 0.15) is 6.04 Å². The Kier molecular flexibility index (Phi) is 4.22. The van der Waals surface area contributed by atoms with E-state index in [9.17, 15) is 9.59 Å². The fourth-order valence-electron chi connectivity index (χ4n) is 2.60. The Morgan fingerprint density at radius 2 is 2.17 bits per heavy atom. The van der Waals surface area contributed by atoms with Crippen LogP contribution < -0.4 is 5.32 Å². The molecular weight excluding hydrogens is 232 g/mol. The molecule has 1 aliphatic carbocycles. The van der Waals surface area contributed by atoms with Crippen LogP contribution in [0.5, 0.6) is 0 Å². The third kappa shape index (κ3) is 2.83. The van der Waals surface area contributed by atoms with E-state index >= 15 is 0 Å². The molecule has 2 rings (SSSR count). The molecule has 0 aromatic rings. The van der Waals surface area contributed by atoms with Gasteiger partial charge in [-0.05, 0) is 25.2 Å². The number of ether oxygens (including phenoxy) is 1. The number of nitrogens with zero attached hydrogens (tertiary/aromatic N) is 1. The van der Waals surface area contributed by atoms with Gasteiger partial charge in [-0.3, -0.25) is 9.59 Å². The van der Waals surface area contributed by atoms with Crippen molar-refractivity contribution in [3.05, 3.63) is 0 Å². The smallest absolute Gasteiger partial charge is 0.246 e. The van der Waals surface area contributed by atoms with E-state index in [1.165, 1.54) is 0 Å². The van der Waals surface area contributed by atoms with Gasteiger partial charge >= 0.3 is 0 Å². The fourth-order valence-corrected chi connectivity index (χ4v) is 2.60. The summed E-state index contributed by atoms with van der Waals surface area (Å²) in [6.45, 7) is 2.76. The molecular formula is C13H22N2O3. The van der Waals surface area contributed by atoms with Gasteiger partial charge in [-0.15, -0.1) is 0 Å². The van der Waals surface area contributed by atoms with Crippen LogP contribution in [0.3, 0.4) is 0 Å². The van der Waals surface area contributed by atoms with Gasteiger partial charge in [0.05, 0.1) is 19.2 Å². The highest BCUT2D eigenvalue weighted by Crippen LogP contribution is 2.34. The van der Waals surface area contributed by atoms with Crippen LogP contribution in [0, 0.1) is 5.92 Å². The van der Waals surface area contributed by atoms with E-state index in [2.05, 4.69) is 12.2 Å². The molecule has 1 N–H and O–H groups in total. The van der Waals surface area contributed by atoms with Crippen molar-refractivity contribution < 1.29 is 14.3 Å². The van der Waals surface area contributed by atoms with Crippen molar-refractivity contribution in [1.29, 1.82) is 0 Å². The monoisotopic (exact) mass is 254 g/mol. The molecule has 5 heteroatoms. The Bertz CT molecular complexity index is 322. The number of piperazine rings is 1. The first-order valence-corrected chi connectivity index (χ1v) is 6.76. The van der Waals surface area contributed by atoms with Gasteiger partial charge in [-0.25, -0.2) is 0 Å². The molecule has 1 saturated heterocycles. The second-order valence-corrected chi connectivity index (χ2v) is 5.25. The van der Waals surface area contributed by atoms with Gasteiger partial charge in [-0.2, -0.15) is 0 Å². The number of methoxy groups -OCH3 is 1. The number of nitrogens with one attached hydrogen (secondary N) is 1. The molecule has 0 aromatic heterocycles. The zero-order chi connectivity index (χ0) is 13.1. The summed E-state index contributed by atoms with van der Waals surface area (Å²) in [7, 11) is 1.63. The Hall–Kier alpha value is -1.10. The molecule has 0 bridgehead atoms. The summed E-state index contributed by atoms with van der Waals surface area (Å²) in [6.07, 6.45) is 3.96. The van der Waals surface area contributed by atoms with Crippen molar-refractivity contribution in [3.63, 3.8) is 0 Å². The lowest BCUT2D eigenvalue weighted by atomic mass is 10.0. The van der Waals surface area contributed by atoms with Crippen LogP contribution in [-0.2, 0) is 14.3 Å². The molecule has 0 aromatic carbocycles. The standard InChI is InChI=1S/C13H22N2O3/c1-3-4-10(8-18-2)15-7-11(16)14-12(13(15)17)9-5-6-9/h9-10,12H,3-8H2,1-2H3,(H,14,16). The molecule has 2 atom stereocenters. The second kappa shape index (κ2) is 5.69. The summed E-state index contributed by atoms with van der Waals surface area (Å²) >= 11 is 0. The normalized spacial score (nSPS) is 26.1. The van der Waals surface area contributed by atoms with Crippen LogP contribution in [0.25, 0.3) is 0 Å². The minimum absolute atomic E-state index is 0.0276. The molecule has 2 amide bonds. The van der Waals surface area contributed by atoms with Gasteiger partial charge in [0.25, 0.3) is 0 Å². The summed E-state index contributed by atoms with van der Waals surface area (Å²) in [5.41, 5.74) is 0. The summed E-state index contributed by atoms with van der Waals surface area (Å²) in [4.78, 5) is 25.8. The van der Waals surface area contributed by atoms with Crippen LogP contribution >= 0.6 is 0 Å². The summed E-state index contributed by atoms with van der Waals surface area (Å²) in [5.74, 6) is 0.394. The first-order valence-electron chi connectivity index (χ1n) is 6.76. The largest absolute Gasteiger partial charge is 0.383 e. The van der Waals surface area contributed by atoms with Crippen molar-refractivity contribution in [2.45, 2.75) is 44.7 Å². The highest BCUT2D eigenvalue weighted by atomic mass is 16.5. The molecule has 0 spiro atoms. The first-order chi connectivity index (χ1) is 8.67. The molecule has 1 heterocycles. The summed E-state index contributed by atoms with van der Waals surface area (Å²) in [5, 5.41) is 2.83. The second-order valence-electron chi connectivity index (χ2n) is 5.25. The predicted molar refractivity (Wildman–Crippen MR) is 66.9 cm³/mol. The maximum atomic E-state index is 12.4. The number of hydrogen-bond acceptors (Lipinski definition) is 3. The Balaban J connectivity index is 2.07. The van der Waals surface area contributed by atoms with Gasteiger partial charge in [0.15, 0.2) is 0 Å².